The van der Waals surface area contributed by atoms with Crippen LogP contribution in [0.4, 0.5) is 4.39 Å². The molecule has 1 aliphatic rings. The van der Waals surface area contributed by atoms with E-state index in [2.05, 4.69) is 4.98 Å². The Balaban J connectivity index is 1.77. The number of hydrogen-bond donors (Lipinski definition) is 2. The number of hydrogen-bond acceptors (Lipinski definition) is 8. The molecule has 2 aromatic carbocycles. The van der Waals surface area contributed by atoms with Gasteiger partial charge in [0.15, 0.2) is 0 Å². The van der Waals surface area contributed by atoms with Crippen molar-refractivity contribution in [3.63, 3.8) is 0 Å². The van der Waals surface area contributed by atoms with Gasteiger partial charge in [-0.25, -0.2) is 9.18 Å². The second-order valence-electron chi connectivity index (χ2n) is 10.0. The highest BCUT2D eigenvalue weighted by Gasteiger charge is 2.47. The fourth-order valence-corrected chi connectivity index (χ4v) is 5.29. The smallest absolute Gasteiger partial charge is 0.355 e. The highest BCUT2D eigenvalue weighted by molar-refractivity contribution is 7.11. The number of benzene rings is 2. The van der Waals surface area contributed by atoms with Gasteiger partial charge >= 0.3 is 5.97 Å². The summed E-state index contributed by atoms with van der Waals surface area (Å²) in [5.41, 5.74) is 1.70. The molecule has 0 bridgehead atoms. The molecule has 0 spiro atoms. The number of aryl methyl sites for hydroxylation is 1. The van der Waals surface area contributed by atoms with Crippen molar-refractivity contribution in [3.8, 4) is 17.2 Å². The van der Waals surface area contributed by atoms with Gasteiger partial charge in [-0.2, -0.15) is 0 Å². The van der Waals surface area contributed by atoms with Gasteiger partial charge in [-0.1, -0.05) is 19.9 Å². The van der Waals surface area contributed by atoms with Gasteiger partial charge < -0.3 is 24.4 Å². The molecule has 0 fully saturated rings. The highest BCUT2D eigenvalue weighted by Crippen LogP contribution is 2.50. The van der Waals surface area contributed by atoms with Crippen molar-refractivity contribution in [2.75, 3.05) is 13.7 Å². The van der Waals surface area contributed by atoms with Gasteiger partial charge in [-0.15, -0.1) is 11.3 Å². The number of aromatic nitrogens is 1. The number of halogens is 1. The summed E-state index contributed by atoms with van der Waals surface area (Å²) in [5, 5.41) is 23.0. The lowest BCUT2D eigenvalue weighted by molar-refractivity contribution is -0.0159. The molecule has 0 saturated heterocycles. The van der Waals surface area contributed by atoms with Gasteiger partial charge in [0.1, 0.15) is 34.5 Å². The van der Waals surface area contributed by atoms with Crippen molar-refractivity contribution in [3.05, 3.63) is 75.5 Å². The molecule has 3 aromatic rings. The summed E-state index contributed by atoms with van der Waals surface area (Å²) in [6.45, 7) is 7.15. The van der Waals surface area contributed by atoms with Gasteiger partial charge in [0.25, 0.3) is 0 Å². The Morgan fingerprint density at radius 1 is 1.19 bits per heavy atom. The first-order valence-corrected chi connectivity index (χ1v) is 12.6. The standard InChI is InChI=1S/C28H30FNO6S/c1-16-6-7-17(29)10-21(16)35-13-20-24(25(31)27(2,3)14-28(20,4)33)19-9-8-18(11-22(19)34-5)36-26(32)23-12-30-15-37-23/h6-12,15,25,31,33H,13-14H2,1-5H3. The van der Waals surface area contributed by atoms with E-state index in [0.717, 1.165) is 5.56 Å². The molecule has 0 radical (unpaired) electrons. The minimum atomic E-state index is -1.33. The molecular weight excluding hydrogens is 497 g/mol. The fraction of sp³-hybridized carbons (Fsp3) is 0.357. The molecule has 7 nitrogen and oxygen atoms in total. The lowest BCUT2D eigenvalue weighted by Gasteiger charge is -2.46. The van der Waals surface area contributed by atoms with E-state index in [1.54, 1.807) is 43.6 Å². The van der Waals surface area contributed by atoms with E-state index < -0.39 is 28.9 Å². The molecule has 0 amide bonds. The summed E-state index contributed by atoms with van der Waals surface area (Å²) in [4.78, 5) is 16.6. The maximum atomic E-state index is 13.9. The molecule has 2 atom stereocenters. The Kier molecular flexibility index (Phi) is 7.41. The zero-order valence-electron chi connectivity index (χ0n) is 21.4. The first kappa shape index (κ1) is 26.8. The number of carbonyl (C=O) groups is 1. The van der Waals surface area contributed by atoms with E-state index in [0.29, 0.717) is 33.1 Å². The Morgan fingerprint density at radius 2 is 1.95 bits per heavy atom. The minimum Gasteiger partial charge on any atom is -0.496 e. The van der Waals surface area contributed by atoms with Gasteiger partial charge in [-0.05, 0) is 55.0 Å². The van der Waals surface area contributed by atoms with Gasteiger partial charge in [-0.3, -0.25) is 4.98 Å². The Hall–Kier alpha value is -3.27. The van der Waals surface area contributed by atoms with E-state index in [1.807, 2.05) is 13.8 Å². The fourth-order valence-electron chi connectivity index (χ4n) is 4.79. The van der Waals surface area contributed by atoms with Gasteiger partial charge in [0.2, 0.25) is 0 Å². The molecule has 2 unspecified atom stereocenters. The number of nitrogens with zero attached hydrogens (tertiary/aromatic N) is 1. The van der Waals surface area contributed by atoms with Crippen molar-refractivity contribution in [1.82, 2.24) is 4.98 Å². The lowest BCUT2D eigenvalue weighted by atomic mass is 9.64. The normalized spacial score (nSPS) is 21.0. The average Bonchev–Trinajstić information content (AvgIpc) is 3.37. The predicted octanol–water partition coefficient (Wildman–Crippen LogP) is 5.19. The molecule has 0 saturated carbocycles. The second-order valence-corrected chi connectivity index (χ2v) is 10.9. The van der Waals surface area contributed by atoms with Crippen LogP contribution < -0.4 is 14.2 Å². The van der Waals surface area contributed by atoms with E-state index in [1.165, 1.54) is 36.8 Å². The third-order valence-electron chi connectivity index (χ3n) is 6.62. The summed E-state index contributed by atoms with van der Waals surface area (Å²) < 4.78 is 30.9. The summed E-state index contributed by atoms with van der Waals surface area (Å²) in [6.07, 6.45) is 0.733. The van der Waals surface area contributed by atoms with E-state index in [-0.39, 0.29) is 18.8 Å². The van der Waals surface area contributed by atoms with Crippen LogP contribution in [-0.4, -0.2) is 46.6 Å². The van der Waals surface area contributed by atoms with Crippen LogP contribution in [-0.2, 0) is 0 Å². The molecule has 1 aliphatic carbocycles. The summed E-state index contributed by atoms with van der Waals surface area (Å²) >= 11 is 1.17. The average molecular weight is 528 g/mol. The molecule has 1 aromatic heterocycles. The van der Waals surface area contributed by atoms with Crippen LogP contribution in [0.1, 0.15) is 48.0 Å². The summed E-state index contributed by atoms with van der Waals surface area (Å²) in [6, 6.07) is 9.09. The van der Waals surface area contributed by atoms with Crippen LogP contribution in [0.3, 0.4) is 0 Å². The molecular formula is C28H30FNO6S. The highest BCUT2D eigenvalue weighted by atomic mass is 32.1. The maximum absolute atomic E-state index is 13.9. The van der Waals surface area contributed by atoms with Crippen molar-refractivity contribution in [2.24, 2.45) is 5.41 Å². The van der Waals surface area contributed by atoms with Crippen molar-refractivity contribution < 1.29 is 33.6 Å². The molecule has 2 N–H and O–H groups in total. The molecule has 4 rings (SSSR count). The number of thiazole rings is 1. The number of methoxy groups -OCH3 is 1. The third-order valence-corrected chi connectivity index (χ3v) is 7.37. The zero-order valence-corrected chi connectivity index (χ0v) is 22.2. The monoisotopic (exact) mass is 527 g/mol. The Morgan fingerprint density at radius 3 is 2.62 bits per heavy atom. The van der Waals surface area contributed by atoms with Crippen molar-refractivity contribution in [2.45, 2.75) is 45.8 Å². The van der Waals surface area contributed by atoms with Crippen molar-refractivity contribution >= 4 is 22.9 Å². The number of ether oxygens (including phenoxy) is 3. The molecule has 0 aliphatic heterocycles. The first-order chi connectivity index (χ1) is 17.4. The topological polar surface area (TPSA) is 98.1 Å². The quantitative estimate of drug-likeness (QED) is 0.322. The number of carbonyl (C=O) groups excluding carboxylic acids is 1. The second kappa shape index (κ2) is 10.2. The lowest BCUT2D eigenvalue weighted by Crippen LogP contribution is -2.47. The van der Waals surface area contributed by atoms with E-state index in [9.17, 15) is 19.4 Å². The Bertz CT molecular complexity index is 1330. The van der Waals surface area contributed by atoms with Gasteiger partial charge in [0.05, 0.1) is 30.5 Å². The first-order valence-electron chi connectivity index (χ1n) is 11.7. The summed E-state index contributed by atoms with van der Waals surface area (Å²) in [7, 11) is 1.47. The molecule has 9 heteroatoms. The summed E-state index contributed by atoms with van der Waals surface area (Å²) in [5.74, 6) is -0.0330. The predicted molar refractivity (Wildman–Crippen MR) is 139 cm³/mol. The zero-order chi connectivity index (χ0) is 27.0. The van der Waals surface area contributed by atoms with Gasteiger partial charge in [0, 0.05) is 23.3 Å². The Labute approximate surface area is 219 Å². The minimum absolute atomic E-state index is 0.0783. The number of aliphatic hydroxyl groups excluding tert-OH is 1. The molecule has 196 valence electrons. The van der Waals surface area contributed by atoms with E-state index >= 15 is 0 Å². The van der Waals surface area contributed by atoms with Crippen LogP contribution in [0.15, 0.2) is 53.7 Å². The molecule has 1 heterocycles. The van der Waals surface area contributed by atoms with Crippen LogP contribution in [0.25, 0.3) is 5.57 Å². The number of aliphatic hydroxyl groups is 2. The number of rotatable bonds is 7. The largest absolute Gasteiger partial charge is 0.496 e. The van der Waals surface area contributed by atoms with Crippen LogP contribution in [0.5, 0.6) is 17.2 Å². The van der Waals surface area contributed by atoms with E-state index in [4.69, 9.17) is 14.2 Å². The maximum Gasteiger partial charge on any atom is 0.355 e. The van der Waals surface area contributed by atoms with Crippen LogP contribution in [0.2, 0.25) is 0 Å². The SMILES string of the molecule is COc1cc(OC(=O)c2cncs2)ccc1C1=C(COc2cc(F)ccc2C)C(C)(O)CC(C)(C)C1O. The van der Waals surface area contributed by atoms with Crippen LogP contribution >= 0.6 is 11.3 Å². The van der Waals surface area contributed by atoms with Crippen molar-refractivity contribution in [1.29, 1.82) is 0 Å². The third kappa shape index (κ3) is 5.53. The number of esters is 1. The van der Waals surface area contributed by atoms with Crippen LogP contribution in [0, 0.1) is 18.2 Å². The molecule has 37 heavy (non-hydrogen) atoms.